The summed E-state index contributed by atoms with van der Waals surface area (Å²) in [4.78, 5) is 6.14. The van der Waals surface area contributed by atoms with Crippen LogP contribution in [0.25, 0.3) is 0 Å². The summed E-state index contributed by atoms with van der Waals surface area (Å²) in [6, 6.07) is 8.76. The molecule has 0 spiro atoms. The van der Waals surface area contributed by atoms with E-state index in [1.807, 2.05) is 35.0 Å². The second kappa shape index (κ2) is 10.3. The summed E-state index contributed by atoms with van der Waals surface area (Å²) in [7, 11) is 3.66. The number of hydrogen-bond donors (Lipinski definition) is 2. The predicted molar refractivity (Wildman–Crippen MR) is 100 cm³/mol. The van der Waals surface area contributed by atoms with Crippen molar-refractivity contribution in [3.63, 3.8) is 0 Å². The molecule has 0 fully saturated rings. The zero-order valence-corrected chi connectivity index (χ0v) is 15.0. The Kier molecular flexibility index (Phi) is 7.75. The second-order valence-corrected chi connectivity index (χ2v) is 5.77. The van der Waals surface area contributed by atoms with Crippen LogP contribution in [0, 0.1) is 5.82 Å². The zero-order chi connectivity index (χ0) is 17.9. The van der Waals surface area contributed by atoms with Gasteiger partial charge in [0.05, 0.1) is 5.69 Å². The molecule has 0 aliphatic carbocycles. The molecular formula is C18H27FN6. The molecule has 2 N–H and O–H groups in total. The number of rotatable bonds is 9. The van der Waals surface area contributed by atoms with E-state index in [1.54, 1.807) is 25.4 Å². The molecule has 0 aliphatic heterocycles. The number of aryl methyl sites for hydroxylation is 1. The molecule has 0 atom stereocenters. The first-order valence-corrected chi connectivity index (χ1v) is 8.58. The van der Waals surface area contributed by atoms with E-state index >= 15 is 0 Å². The number of nitrogens with zero attached hydrogens (tertiary/aromatic N) is 4. The fraction of sp³-hybridized carbons (Fsp3) is 0.444. The van der Waals surface area contributed by atoms with E-state index in [0.29, 0.717) is 5.69 Å². The van der Waals surface area contributed by atoms with E-state index in [9.17, 15) is 4.39 Å². The minimum absolute atomic E-state index is 0.187. The van der Waals surface area contributed by atoms with Crippen LogP contribution in [0.3, 0.4) is 0 Å². The normalized spacial score (nSPS) is 11.4. The van der Waals surface area contributed by atoms with Crippen molar-refractivity contribution in [2.75, 3.05) is 38.6 Å². The molecule has 0 radical (unpaired) electrons. The van der Waals surface area contributed by atoms with Gasteiger partial charge in [-0.1, -0.05) is 12.1 Å². The van der Waals surface area contributed by atoms with Gasteiger partial charge < -0.3 is 15.5 Å². The maximum atomic E-state index is 13.7. The van der Waals surface area contributed by atoms with Gasteiger partial charge >= 0.3 is 0 Å². The van der Waals surface area contributed by atoms with Crippen LogP contribution in [-0.2, 0) is 6.54 Å². The third-order valence-electron chi connectivity index (χ3n) is 3.87. The number of halogens is 1. The molecule has 2 rings (SSSR count). The van der Waals surface area contributed by atoms with Gasteiger partial charge in [-0.05, 0) is 31.0 Å². The topological polar surface area (TPSA) is 57.5 Å². The standard InChI is InChI=1S/C18H27FN6/c1-20-18(22-11-6-14-25-15-7-12-23-25)21-10-5-13-24(2)17-9-4-3-8-16(17)19/h3-4,7-9,12,15H,5-6,10-11,13-14H2,1-2H3,(H2,20,21,22). The van der Waals surface area contributed by atoms with Gasteiger partial charge in [-0.3, -0.25) is 9.67 Å². The zero-order valence-electron chi connectivity index (χ0n) is 15.0. The predicted octanol–water partition coefficient (Wildman–Crippen LogP) is 2.10. The lowest BCUT2D eigenvalue weighted by Gasteiger charge is -2.20. The first-order chi connectivity index (χ1) is 12.2. The molecule has 0 saturated heterocycles. The molecular weight excluding hydrogens is 319 g/mol. The molecule has 1 aromatic carbocycles. The van der Waals surface area contributed by atoms with Crippen LogP contribution in [0.1, 0.15) is 12.8 Å². The Morgan fingerprint density at radius 1 is 1.20 bits per heavy atom. The van der Waals surface area contributed by atoms with Gasteiger partial charge in [-0.25, -0.2) is 4.39 Å². The summed E-state index contributed by atoms with van der Waals surface area (Å²) in [6.07, 6.45) is 5.60. The van der Waals surface area contributed by atoms with Gasteiger partial charge in [0.2, 0.25) is 0 Å². The minimum atomic E-state index is -0.187. The van der Waals surface area contributed by atoms with Crippen molar-refractivity contribution in [3.05, 3.63) is 48.5 Å². The Labute approximate surface area is 148 Å². The number of benzene rings is 1. The summed E-state index contributed by atoms with van der Waals surface area (Å²) < 4.78 is 15.6. The Bertz CT molecular complexity index is 641. The smallest absolute Gasteiger partial charge is 0.190 e. The molecule has 0 amide bonds. The quantitative estimate of drug-likeness (QED) is 0.415. The second-order valence-electron chi connectivity index (χ2n) is 5.77. The van der Waals surface area contributed by atoms with Crippen molar-refractivity contribution >= 4 is 11.6 Å². The van der Waals surface area contributed by atoms with Crippen molar-refractivity contribution < 1.29 is 4.39 Å². The highest BCUT2D eigenvalue weighted by molar-refractivity contribution is 5.79. The fourth-order valence-electron chi connectivity index (χ4n) is 2.51. The number of guanidine groups is 1. The summed E-state index contributed by atoms with van der Waals surface area (Å²) in [6.45, 7) is 3.25. The van der Waals surface area contributed by atoms with E-state index in [-0.39, 0.29) is 5.82 Å². The lowest BCUT2D eigenvalue weighted by atomic mass is 10.2. The minimum Gasteiger partial charge on any atom is -0.372 e. The van der Waals surface area contributed by atoms with Crippen molar-refractivity contribution in [3.8, 4) is 0 Å². The summed E-state index contributed by atoms with van der Waals surface area (Å²) in [5, 5.41) is 10.7. The largest absolute Gasteiger partial charge is 0.372 e. The van der Waals surface area contributed by atoms with Gasteiger partial charge in [0.25, 0.3) is 0 Å². The molecule has 0 bridgehead atoms. The van der Waals surface area contributed by atoms with Gasteiger partial charge in [0, 0.05) is 52.7 Å². The molecule has 1 aromatic heterocycles. The summed E-state index contributed by atoms with van der Waals surface area (Å²) in [5.74, 6) is 0.599. The van der Waals surface area contributed by atoms with E-state index in [2.05, 4.69) is 20.7 Å². The Balaban J connectivity index is 1.60. The average Bonchev–Trinajstić information content (AvgIpc) is 3.14. The lowest BCUT2D eigenvalue weighted by molar-refractivity contribution is 0.570. The highest BCUT2D eigenvalue weighted by atomic mass is 19.1. The molecule has 136 valence electrons. The summed E-state index contributed by atoms with van der Waals surface area (Å²) >= 11 is 0. The number of aliphatic imine (C=N–C) groups is 1. The van der Waals surface area contributed by atoms with Crippen LogP contribution in [-0.4, -0.2) is 49.5 Å². The molecule has 0 unspecified atom stereocenters. The molecule has 7 heteroatoms. The first kappa shape index (κ1) is 18.8. The number of anilines is 1. The monoisotopic (exact) mass is 346 g/mol. The fourth-order valence-corrected chi connectivity index (χ4v) is 2.51. The van der Waals surface area contributed by atoms with E-state index in [0.717, 1.165) is 45.0 Å². The summed E-state index contributed by atoms with van der Waals surface area (Å²) in [5.41, 5.74) is 0.628. The van der Waals surface area contributed by atoms with Crippen LogP contribution in [0.2, 0.25) is 0 Å². The molecule has 0 saturated carbocycles. The number of aromatic nitrogens is 2. The maximum absolute atomic E-state index is 13.7. The number of nitrogens with one attached hydrogen (secondary N) is 2. The van der Waals surface area contributed by atoms with Crippen LogP contribution < -0.4 is 15.5 Å². The Morgan fingerprint density at radius 3 is 2.64 bits per heavy atom. The first-order valence-electron chi connectivity index (χ1n) is 8.58. The Morgan fingerprint density at radius 2 is 1.96 bits per heavy atom. The Hall–Kier alpha value is -2.57. The van der Waals surface area contributed by atoms with Gasteiger partial charge in [0.1, 0.15) is 5.82 Å². The van der Waals surface area contributed by atoms with Gasteiger partial charge in [0.15, 0.2) is 5.96 Å². The van der Waals surface area contributed by atoms with E-state index < -0.39 is 0 Å². The van der Waals surface area contributed by atoms with Crippen LogP contribution in [0.15, 0.2) is 47.7 Å². The lowest BCUT2D eigenvalue weighted by Crippen LogP contribution is -2.39. The van der Waals surface area contributed by atoms with E-state index in [1.165, 1.54) is 6.07 Å². The molecule has 2 aromatic rings. The number of hydrogen-bond acceptors (Lipinski definition) is 3. The molecule has 25 heavy (non-hydrogen) atoms. The maximum Gasteiger partial charge on any atom is 0.190 e. The van der Waals surface area contributed by atoms with Crippen molar-refractivity contribution in [2.24, 2.45) is 4.99 Å². The van der Waals surface area contributed by atoms with E-state index in [4.69, 9.17) is 0 Å². The third-order valence-corrected chi connectivity index (χ3v) is 3.87. The highest BCUT2D eigenvalue weighted by Gasteiger charge is 2.06. The van der Waals surface area contributed by atoms with Gasteiger partial charge in [-0.15, -0.1) is 0 Å². The van der Waals surface area contributed by atoms with Crippen LogP contribution in [0.5, 0.6) is 0 Å². The van der Waals surface area contributed by atoms with Crippen molar-refractivity contribution in [2.45, 2.75) is 19.4 Å². The van der Waals surface area contributed by atoms with Crippen LogP contribution in [0.4, 0.5) is 10.1 Å². The molecule has 0 aliphatic rings. The SMILES string of the molecule is CN=C(NCCCN(C)c1ccccc1F)NCCCn1cccn1. The van der Waals surface area contributed by atoms with Crippen molar-refractivity contribution in [1.82, 2.24) is 20.4 Å². The number of para-hydroxylation sites is 1. The highest BCUT2D eigenvalue weighted by Crippen LogP contribution is 2.16. The third kappa shape index (κ3) is 6.45. The van der Waals surface area contributed by atoms with Crippen LogP contribution >= 0.6 is 0 Å². The van der Waals surface area contributed by atoms with Crippen molar-refractivity contribution in [1.29, 1.82) is 0 Å². The molecule has 1 heterocycles. The molecule has 6 nitrogen and oxygen atoms in total. The average molecular weight is 346 g/mol. The van der Waals surface area contributed by atoms with Gasteiger partial charge in [-0.2, -0.15) is 5.10 Å².